The predicted octanol–water partition coefficient (Wildman–Crippen LogP) is 17.0. The summed E-state index contributed by atoms with van der Waals surface area (Å²) in [6.45, 7) is 23.7. The lowest BCUT2D eigenvalue weighted by molar-refractivity contribution is 0.613. The highest BCUT2D eigenvalue weighted by Gasteiger charge is 2.39. The highest BCUT2D eigenvalue weighted by atomic mass is 16.3. The lowest BCUT2D eigenvalue weighted by atomic mass is 9.80. The minimum atomic E-state index is -0.226. The molecule has 0 bridgehead atoms. The molecule has 0 fully saturated rings. The van der Waals surface area contributed by atoms with Gasteiger partial charge in [0.15, 0.2) is 0 Å². The van der Waals surface area contributed by atoms with Gasteiger partial charge in [0.2, 0.25) is 0 Å². The third-order valence-corrected chi connectivity index (χ3v) is 12.7. The summed E-state index contributed by atoms with van der Waals surface area (Å²) in [5, 5.41) is 9.79. The SMILES string of the molecule is C=CC/C=C\C=C(/CC=C)c1c2ccccc2c(-c2ccc(/C(C)=C/C=C3\Cc4c(c5oc6ccccc6c5c5ccccc45)C3(C)C)c(C=C)c2C=C)c2ccccc12. The van der Waals surface area contributed by atoms with E-state index < -0.39 is 0 Å². The van der Waals surface area contributed by atoms with Crippen molar-refractivity contribution in [3.05, 3.63) is 217 Å². The van der Waals surface area contributed by atoms with Crippen molar-refractivity contribution in [2.45, 2.75) is 45.4 Å². The number of fused-ring (bicyclic) bond motifs is 10. The molecule has 8 aromatic rings. The molecule has 60 heavy (non-hydrogen) atoms. The molecule has 0 unspecified atom stereocenters. The minimum absolute atomic E-state index is 0.226. The van der Waals surface area contributed by atoms with Gasteiger partial charge < -0.3 is 4.42 Å². The number of benzene rings is 7. The van der Waals surface area contributed by atoms with Crippen molar-refractivity contribution in [3.63, 3.8) is 0 Å². The topological polar surface area (TPSA) is 13.1 Å². The molecule has 292 valence electrons. The summed E-state index contributed by atoms with van der Waals surface area (Å²) in [5.74, 6) is 0. The van der Waals surface area contributed by atoms with E-state index in [0.717, 1.165) is 52.7 Å². The Labute approximate surface area is 354 Å². The Kier molecular flexibility index (Phi) is 10.1. The van der Waals surface area contributed by atoms with Crippen molar-refractivity contribution >= 4 is 77.6 Å². The summed E-state index contributed by atoms with van der Waals surface area (Å²) >= 11 is 0. The number of furan rings is 1. The third kappa shape index (κ3) is 6.16. The fraction of sp³-hybridized carbons (Fsp3) is 0.119. The van der Waals surface area contributed by atoms with E-state index in [1.54, 1.807) is 0 Å². The molecule has 1 aliphatic carbocycles. The van der Waals surface area contributed by atoms with Gasteiger partial charge >= 0.3 is 0 Å². The first kappa shape index (κ1) is 38.6. The molecule has 1 nitrogen and oxygen atoms in total. The van der Waals surface area contributed by atoms with Crippen LogP contribution in [0.25, 0.3) is 88.7 Å². The van der Waals surface area contributed by atoms with Crippen molar-refractivity contribution in [2.75, 3.05) is 0 Å². The first-order chi connectivity index (χ1) is 29.3. The molecule has 1 heteroatoms. The number of hydrogen-bond donors (Lipinski definition) is 0. The first-order valence-corrected chi connectivity index (χ1v) is 21.0. The van der Waals surface area contributed by atoms with Crippen LogP contribution in [-0.2, 0) is 11.8 Å². The fourth-order valence-electron chi connectivity index (χ4n) is 9.89. The molecule has 1 aliphatic rings. The van der Waals surface area contributed by atoms with Crippen LogP contribution in [0.3, 0.4) is 0 Å². The second kappa shape index (κ2) is 15.7. The van der Waals surface area contributed by atoms with Crippen LogP contribution in [0.15, 0.2) is 188 Å². The van der Waals surface area contributed by atoms with Crippen LogP contribution in [0.4, 0.5) is 0 Å². The normalized spacial score (nSPS) is 14.9. The predicted molar refractivity (Wildman–Crippen MR) is 264 cm³/mol. The Hall–Kier alpha value is -6.96. The minimum Gasteiger partial charge on any atom is -0.456 e. The molecule has 1 heterocycles. The quantitative estimate of drug-likeness (QED) is 0.0725. The molecule has 0 N–H and O–H groups in total. The van der Waals surface area contributed by atoms with Gasteiger partial charge in [-0.25, -0.2) is 0 Å². The Morgan fingerprint density at radius 2 is 1.28 bits per heavy atom. The maximum absolute atomic E-state index is 6.72. The smallest absolute Gasteiger partial charge is 0.140 e. The highest BCUT2D eigenvalue weighted by molar-refractivity contribution is 6.22. The zero-order chi connectivity index (χ0) is 41.5. The summed E-state index contributed by atoms with van der Waals surface area (Å²) < 4.78 is 6.72. The molecular formula is C59H50O. The average molecular weight is 775 g/mol. The average Bonchev–Trinajstić information content (AvgIpc) is 3.79. The van der Waals surface area contributed by atoms with Crippen LogP contribution in [0.5, 0.6) is 0 Å². The monoisotopic (exact) mass is 774 g/mol. The van der Waals surface area contributed by atoms with E-state index in [1.165, 1.54) is 82.1 Å². The first-order valence-electron chi connectivity index (χ1n) is 21.0. The van der Waals surface area contributed by atoms with Gasteiger partial charge in [-0.2, -0.15) is 0 Å². The number of allylic oxidation sites excluding steroid dienone is 10. The Morgan fingerprint density at radius 1 is 0.667 bits per heavy atom. The number of hydrogen-bond acceptors (Lipinski definition) is 1. The van der Waals surface area contributed by atoms with Gasteiger partial charge in [0, 0.05) is 21.8 Å². The lowest BCUT2D eigenvalue weighted by Crippen LogP contribution is -2.15. The molecule has 0 aliphatic heterocycles. The van der Waals surface area contributed by atoms with Crippen molar-refractivity contribution in [2.24, 2.45) is 0 Å². The second-order valence-electron chi connectivity index (χ2n) is 16.4. The molecular weight excluding hydrogens is 725 g/mol. The summed E-state index contributed by atoms with van der Waals surface area (Å²) in [7, 11) is 0. The van der Waals surface area contributed by atoms with Gasteiger partial charge in [-0.05, 0) is 115 Å². The van der Waals surface area contributed by atoms with Gasteiger partial charge in [0.1, 0.15) is 11.2 Å². The van der Waals surface area contributed by atoms with Gasteiger partial charge in [-0.3, -0.25) is 0 Å². The second-order valence-corrected chi connectivity index (χ2v) is 16.4. The van der Waals surface area contributed by atoms with Crippen LogP contribution < -0.4 is 0 Å². The summed E-state index contributed by atoms with van der Waals surface area (Å²) in [6.07, 6.45) is 21.5. The van der Waals surface area contributed by atoms with Gasteiger partial charge in [0.05, 0.1) is 0 Å². The Balaban J connectivity index is 1.18. The van der Waals surface area contributed by atoms with Crippen molar-refractivity contribution in [1.29, 1.82) is 0 Å². The maximum Gasteiger partial charge on any atom is 0.140 e. The molecule has 0 spiro atoms. The van der Waals surface area contributed by atoms with Crippen molar-refractivity contribution in [1.82, 2.24) is 0 Å². The molecule has 0 saturated heterocycles. The molecule has 7 aromatic carbocycles. The van der Waals surface area contributed by atoms with E-state index in [0.29, 0.717) is 0 Å². The number of rotatable bonds is 11. The van der Waals surface area contributed by atoms with Gasteiger partial charge in [0.25, 0.3) is 0 Å². The van der Waals surface area contributed by atoms with Crippen LogP contribution in [0.1, 0.15) is 67.0 Å². The Morgan fingerprint density at radius 3 is 1.93 bits per heavy atom. The summed E-state index contributed by atoms with van der Waals surface area (Å²) in [5.41, 5.74) is 15.1. The molecule has 0 saturated carbocycles. The van der Waals surface area contributed by atoms with Crippen molar-refractivity contribution < 1.29 is 4.42 Å². The van der Waals surface area contributed by atoms with E-state index in [2.05, 4.69) is 187 Å². The van der Waals surface area contributed by atoms with E-state index in [9.17, 15) is 0 Å². The van der Waals surface area contributed by atoms with Crippen molar-refractivity contribution in [3.8, 4) is 11.1 Å². The molecule has 9 rings (SSSR count). The van der Waals surface area contributed by atoms with E-state index >= 15 is 0 Å². The highest BCUT2D eigenvalue weighted by Crippen LogP contribution is 2.52. The van der Waals surface area contributed by atoms with Gasteiger partial charge in [-0.1, -0.05) is 190 Å². The largest absolute Gasteiger partial charge is 0.456 e. The zero-order valence-electron chi connectivity index (χ0n) is 34.9. The molecule has 1 aromatic heterocycles. The third-order valence-electron chi connectivity index (χ3n) is 12.7. The lowest BCUT2D eigenvalue weighted by Gasteiger charge is -2.23. The summed E-state index contributed by atoms with van der Waals surface area (Å²) in [6, 6.07) is 39.4. The van der Waals surface area contributed by atoms with Crippen LogP contribution in [-0.4, -0.2) is 0 Å². The van der Waals surface area contributed by atoms with E-state index in [4.69, 9.17) is 4.42 Å². The van der Waals surface area contributed by atoms with Crippen LogP contribution in [0, 0.1) is 0 Å². The van der Waals surface area contributed by atoms with Crippen LogP contribution >= 0.6 is 0 Å². The molecule has 0 amide bonds. The molecule has 0 atom stereocenters. The number of para-hydroxylation sites is 1. The summed E-state index contributed by atoms with van der Waals surface area (Å²) in [4.78, 5) is 0. The fourth-order valence-corrected chi connectivity index (χ4v) is 9.89. The Bertz CT molecular complexity index is 3160. The van der Waals surface area contributed by atoms with E-state index in [1.807, 2.05) is 24.3 Å². The zero-order valence-corrected chi connectivity index (χ0v) is 34.9. The van der Waals surface area contributed by atoms with E-state index in [-0.39, 0.29) is 5.41 Å². The molecule has 0 radical (unpaired) electrons. The van der Waals surface area contributed by atoms with Gasteiger partial charge in [-0.15, -0.1) is 13.2 Å². The standard InChI is InChI=1S/C59H50O/c1-8-12-13-14-24-39(23-9-2)54-46-27-17-19-29-48(46)55(49-30-20-18-28-47(49)54)50-36-35-43(41(10-3)42(50)11-4)38(5)33-34-40-37-52-44-25-15-16-26-45(44)56-51-31-21-22-32-53(51)60-58(56)57(52)59(40,6)7/h8-11,13-22,24-36H,1-4,12,23,37H2,5-7H3/b14-13-,38-33+,39-24+,40-34+. The van der Waals surface area contributed by atoms with Crippen LogP contribution in [0.2, 0.25) is 0 Å². The maximum atomic E-state index is 6.72.